The summed E-state index contributed by atoms with van der Waals surface area (Å²) in [6, 6.07) is 31.9. The van der Waals surface area contributed by atoms with Crippen LogP contribution in [0.1, 0.15) is 0 Å². The lowest BCUT2D eigenvalue weighted by molar-refractivity contribution is 0.363. The molecule has 0 aliphatic carbocycles. The minimum Gasteiger partial charge on any atom is -0.487 e. The number of rotatable bonds is 3. The van der Waals surface area contributed by atoms with Crippen molar-refractivity contribution in [1.29, 1.82) is 0 Å². The molecule has 3 heteroatoms. The van der Waals surface area contributed by atoms with Crippen LogP contribution in [0.4, 0.5) is 11.4 Å². The van der Waals surface area contributed by atoms with Gasteiger partial charge in [-0.1, -0.05) is 84.6 Å². The van der Waals surface area contributed by atoms with Crippen molar-refractivity contribution in [3.63, 3.8) is 0 Å². The molecule has 5 rings (SSSR count). The molecule has 0 saturated heterocycles. The van der Waals surface area contributed by atoms with Crippen molar-refractivity contribution in [3.8, 4) is 5.75 Å². The quantitative estimate of drug-likeness (QED) is 0.337. The van der Waals surface area contributed by atoms with E-state index in [-0.39, 0.29) is 0 Å². The second-order valence-corrected chi connectivity index (χ2v) is 8.41. The zero-order valence-corrected chi connectivity index (χ0v) is 18.0. The molecule has 1 heterocycles. The van der Waals surface area contributed by atoms with Crippen LogP contribution in [0, 0.1) is 0 Å². The first kappa shape index (κ1) is 19.5. The van der Waals surface area contributed by atoms with Crippen molar-refractivity contribution in [2.75, 3.05) is 18.1 Å². The first-order valence-corrected chi connectivity index (χ1v) is 11.3. The first-order valence-electron chi connectivity index (χ1n) is 10.5. The Kier molecular flexibility index (Phi) is 5.76. The van der Waals surface area contributed by atoms with Crippen molar-refractivity contribution >= 4 is 33.9 Å². The maximum Gasteiger partial charge on any atom is 0.143 e. The second kappa shape index (κ2) is 9.15. The van der Waals surface area contributed by atoms with Crippen molar-refractivity contribution in [3.05, 3.63) is 115 Å². The molecule has 2 nitrogen and oxygen atoms in total. The topological polar surface area (TPSA) is 12.5 Å². The molecular formula is C28H23NOS. The van der Waals surface area contributed by atoms with E-state index in [1.54, 1.807) is 11.8 Å². The Balaban J connectivity index is 1.69. The molecule has 0 atom stereocenters. The highest BCUT2D eigenvalue weighted by atomic mass is 32.2. The Morgan fingerprint density at radius 2 is 1.42 bits per heavy atom. The Labute approximate surface area is 187 Å². The van der Waals surface area contributed by atoms with Gasteiger partial charge < -0.3 is 9.64 Å². The third kappa shape index (κ3) is 4.23. The number of para-hydroxylation sites is 2. The molecule has 0 radical (unpaired) electrons. The lowest BCUT2D eigenvalue weighted by Crippen LogP contribution is -2.19. The fourth-order valence-corrected chi connectivity index (χ4v) is 4.88. The van der Waals surface area contributed by atoms with Gasteiger partial charge in [0.25, 0.3) is 0 Å². The summed E-state index contributed by atoms with van der Waals surface area (Å²) < 4.78 is 6.09. The van der Waals surface area contributed by atoms with Gasteiger partial charge in [-0.15, -0.1) is 0 Å². The third-order valence-corrected chi connectivity index (χ3v) is 6.34. The fraction of sp³-hybridized carbons (Fsp3) is 0.0714. The van der Waals surface area contributed by atoms with Gasteiger partial charge in [0.15, 0.2) is 0 Å². The van der Waals surface area contributed by atoms with E-state index in [0.717, 1.165) is 18.0 Å². The lowest BCUT2D eigenvalue weighted by Gasteiger charge is -2.28. The van der Waals surface area contributed by atoms with E-state index >= 15 is 0 Å². The maximum absolute atomic E-state index is 6.09. The number of nitrogens with zero attached hydrogens (tertiary/aromatic N) is 1. The SMILES string of the molecule is C1=CCOc2ccccc2N(c2cccc3cccc(Sc4ccccc4)c23)CC=C1. The first-order chi connectivity index (χ1) is 15.4. The van der Waals surface area contributed by atoms with Gasteiger partial charge in [-0.05, 0) is 47.9 Å². The van der Waals surface area contributed by atoms with Gasteiger partial charge in [-0.25, -0.2) is 0 Å². The van der Waals surface area contributed by atoms with Crippen molar-refractivity contribution in [2.24, 2.45) is 0 Å². The molecule has 31 heavy (non-hydrogen) atoms. The van der Waals surface area contributed by atoms with Crippen LogP contribution in [0.3, 0.4) is 0 Å². The zero-order chi connectivity index (χ0) is 20.9. The molecule has 0 bridgehead atoms. The summed E-state index contributed by atoms with van der Waals surface area (Å²) in [4.78, 5) is 4.83. The maximum atomic E-state index is 6.09. The van der Waals surface area contributed by atoms with Gasteiger partial charge in [0, 0.05) is 21.7 Å². The second-order valence-electron chi connectivity index (χ2n) is 7.29. The van der Waals surface area contributed by atoms with Gasteiger partial charge >= 0.3 is 0 Å². The van der Waals surface area contributed by atoms with Gasteiger partial charge in [-0.2, -0.15) is 0 Å². The van der Waals surface area contributed by atoms with E-state index in [1.807, 2.05) is 24.3 Å². The Hall–Kier alpha value is -3.43. The average Bonchev–Trinajstić information content (AvgIpc) is 2.82. The number of hydrogen-bond donors (Lipinski definition) is 0. The monoisotopic (exact) mass is 421 g/mol. The summed E-state index contributed by atoms with van der Waals surface area (Å²) in [7, 11) is 0. The van der Waals surface area contributed by atoms with E-state index < -0.39 is 0 Å². The smallest absolute Gasteiger partial charge is 0.143 e. The van der Waals surface area contributed by atoms with E-state index in [2.05, 4.69) is 95.9 Å². The summed E-state index contributed by atoms with van der Waals surface area (Å²) in [5, 5.41) is 2.49. The summed E-state index contributed by atoms with van der Waals surface area (Å²) in [6.07, 6.45) is 8.38. The molecule has 4 aromatic rings. The molecule has 0 fully saturated rings. The molecule has 0 spiro atoms. The Morgan fingerprint density at radius 1 is 0.677 bits per heavy atom. The highest BCUT2D eigenvalue weighted by Crippen LogP contribution is 2.42. The lowest BCUT2D eigenvalue weighted by atomic mass is 10.1. The number of ether oxygens (including phenoxy) is 1. The minimum atomic E-state index is 0.555. The standard InChI is InChI=1S/C28H23NOS/c1-2-9-21-30-26-18-7-6-16-24(26)29(20-8-1)25-17-10-12-22-13-11-19-27(28(22)25)31-23-14-4-3-5-15-23/h1-19H,20-21H2. The van der Waals surface area contributed by atoms with Gasteiger partial charge in [0.1, 0.15) is 12.4 Å². The molecule has 4 aromatic carbocycles. The van der Waals surface area contributed by atoms with Crippen molar-refractivity contribution < 1.29 is 4.74 Å². The molecule has 0 saturated carbocycles. The van der Waals surface area contributed by atoms with Gasteiger partial charge in [0.05, 0.1) is 11.4 Å². The normalized spacial score (nSPS) is 13.6. The minimum absolute atomic E-state index is 0.555. The summed E-state index contributed by atoms with van der Waals surface area (Å²) in [5.74, 6) is 0.896. The van der Waals surface area contributed by atoms with Crippen LogP contribution in [0.2, 0.25) is 0 Å². The molecule has 0 aromatic heterocycles. The van der Waals surface area contributed by atoms with Gasteiger partial charge in [-0.3, -0.25) is 0 Å². The van der Waals surface area contributed by atoms with Crippen LogP contribution in [0.25, 0.3) is 10.8 Å². The average molecular weight is 422 g/mol. The van der Waals surface area contributed by atoms with Crippen LogP contribution in [0.5, 0.6) is 5.75 Å². The molecule has 1 aliphatic heterocycles. The molecule has 0 amide bonds. The van der Waals surface area contributed by atoms with Crippen molar-refractivity contribution in [2.45, 2.75) is 9.79 Å². The van der Waals surface area contributed by atoms with Crippen LogP contribution in [0.15, 0.2) is 125 Å². The molecule has 0 N–H and O–H groups in total. The fourth-order valence-electron chi connectivity index (χ4n) is 3.86. The Morgan fingerprint density at radius 3 is 2.32 bits per heavy atom. The number of anilines is 2. The number of allylic oxidation sites excluding steroid dienone is 2. The predicted molar refractivity (Wildman–Crippen MR) is 132 cm³/mol. The molecule has 0 unspecified atom stereocenters. The molecule has 1 aliphatic rings. The largest absolute Gasteiger partial charge is 0.487 e. The summed E-state index contributed by atoms with van der Waals surface area (Å²) in [6.45, 7) is 1.31. The zero-order valence-electron chi connectivity index (χ0n) is 17.1. The van der Waals surface area contributed by atoms with Crippen LogP contribution in [-0.2, 0) is 0 Å². The van der Waals surface area contributed by atoms with Crippen molar-refractivity contribution in [1.82, 2.24) is 0 Å². The van der Waals surface area contributed by atoms with Crippen LogP contribution in [-0.4, -0.2) is 13.2 Å². The predicted octanol–water partition coefficient (Wildman–Crippen LogP) is 7.63. The third-order valence-electron chi connectivity index (χ3n) is 5.27. The van der Waals surface area contributed by atoms with E-state index in [0.29, 0.717) is 6.61 Å². The van der Waals surface area contributed by atoms with Crippen LogP contribution >= 0.6 is 11.8 Å². The number of benzene rings is 4. The van der Waals surface area contributed by atoms with E-state index in [4.69, 9.17) is 4.74 Å². The molecular weight excluding hydrogens is 398 g/mol. The highest BCUT2D eigenvalue weighted by Gasteiger charge is 2.18. The molecule has 152 valence electrons. The van der Waals surface area contributed by atoms with Crippen LogP contribution < -0.4 is 9.64 Å². The summed E-state index contributed by atoms with van der Waals surface area (Å²) in [5.41, 5.74) is 2.26. The summed E-state index contributed by atoms with van der Waals surface area (Å²) >= 11 is 1.81. The Bertz CT molecular complexity index is 1240. The number of fused-ring (bicyclic) bond motifs is 2. The van der Waals surface area contributed by atoms with E-state index in [1.165, 1.54) is 26.3 Å². The van der Waals surface area contributed by atoms with E-state index in [9.17, 15) is 0 Å². The highest BCUT2D eigenvalue weighted by molar-refractivity contribution is 7.99. The number of hydrogen-bond acceptors (Lipinski definition) is 3. The van der Waals surface area contributed by atoms with Gasteiger partial charge in [0.2, 0.25) is 0 Å².